The average Bonchev–Trinajstić information content (AvgIpc) is 2.92. The number of nitrogens with zero attached hydrogens (tertiary/aromatic N) is 1. The van der Waals surface area contributed by atoms with Crippen molar-refractivity contribution in [3.05, 3.63) is 53.3 Å². The van der Waals surface area contributed by atoms with E-state index in [2.05, 4.69) is 0 Å². The largest absolute Gasteiger partial charge is 0.494 e. The maximum Gasteiger partial charge on any atom is 0.258 e. The van der Waals surface area contributed by atoms with E-state index in [4.69, 9.17) is 10.5 Å². The maximum absolute atomic E-state index is 13.4. The molecule has 1 heterocycles. The van der Waals surface area contributed by atoms with E-state index >= 15 is 0 Å². The van der Waals surface area contributed by atoms with Crippen molar-refractivity contribution >= 4 is 17.3 Å². The number of hydrogen-bond donors (Lipinski definition) is 1. The molecule has 0 saturated heterocycles. The summed E-state index contributed by atoms with van der Waals surface area (Å²) in [6.45, 7) is 0.571. The van der Waals surface area contributed by atoms with E-state index in [0.717, 1.165) is 17.7 Å². The second-order valence-corrected chi connectivity index (χ2v) is 4.90. The highest BCUT2D eigenvalue weighted by Gasteiger charge is 2.27. The first-order valence-electron chi connectivity index (χ1n) is 6.64. The number of benzene rings is 2. The first-order chi connectivity index (χ1) is 10.1. The molecule has 4 nitrogen and oxygen atoms in total. The van der Waals surface area contributed by atoms with E-state index in [1.165, 1.54) is 25.3 Å². The fraction of sp³-hybridized carbons (Fsp3) is 0.188. The Morgan fingerprint density at radius 3 is 2.90 bits per heavy atom. The van der Waals surface area contributed by atoms with Gasteiger partial charge >= 0.3 is 0 Å². The highest BCUT2D eigenvalue weighted by atomic mass is 19.1. The number of amides is 1. The Labute approximate surface area is 121 Å². The van der Waals surface area contributed by atoms with E-state index in [-0.39, 0.29) is 11.7 Å². The molecule has 1 aliphatic rings. The van der Waals surface area contributed by atoms with Crippen LogP contribution in [0.25, 0.3) is 0 Å². The molecule has 0 saturated carbocycles. The average molecular weight is 286 g/mol. The van der Waals surface area contributed by atoms with Crippen LogP contribution < -0.4 is 15.4 Å². The van der Waals surface area contributed by atoms with Crippen molar-refractivity contribution in [1.29, 1.82) is 0 Å². The van der Waals surface area contributed by atoms with Gasteiger partial charge < -0.3 is 15.4 Å². The molecule has 21 heavy (non-hydrogen) atoms. The lowest BCUT2D eigenvalue weighted by molar-refractivity contribution is 0.0989. The zero-order chi connectivity index (χ0) is 15.0. The molecule has 3 rings (SSSR count). The molecule has 0 spiro atoms. The van der Waals surface area contributed by atoms with Crippen molar-refractivity contribution in [3.63, 3.8) is 0 Å². The number of rotatable bonds is 2. The van der Waals surface area contributed by atoms with Crippen molar-refractivity contribution in [2.75, 3.05) is 24.3 Å². The SMILES string of the molecule is COc1cc(C(=O)N2CCc3c(N)cccc32)ccc1F. The number of anilines is 2. The second kappa shape index (κ2) is 5.09. The topological polar surface area (TPSA) is 55.6 Å². The lowest BCUT2D eigenvalue weighted by Gasteiger charge is -2.18. The molecule has 0 atom stereocenters. The molecule has 5 heteroatoms. The summed E-state index contributed by atoms with van der Waals surface area (Å²) in [7, 11) is 1.37. The molecular formula is C16H15FN2O2. The van der Waals surface area contributed by atoms with Crippen LogP contribution in [-0.2, 0) is 6.42 Å². The minimum atomic E-state index is -0.486. The Balaban J connectivity index is 1.96. The third-order valence-electron chi connectivity index (χ3n) is 3.71. The second-order valence-electron chi connectivity index (χ2n) is 4.90. The number of nitrogen functional groups attached to an aromatic ring is 1. The molecule has 1 amide bonds. The highest BCUT2D eigenvalue weighted by Crippen LogP contribution is 2.33. The first kappa shape index (κ1) is 13.4. The zero-order valence-electron chi connectivity index (χ0n) is 11.6. The quantitative estimate of drug-likeness (QED) is 0.863. The maximum atomic E-state index is 13.4. The van der Waals surface area contributed by atoms with Gasteiger partial charge in [-0.3, -0.25) is 4.79 Å². The van der Waals surface area contributed by atoms with E-state index in [1.54, 1.807) is 4.90 Å². The summed E-state index contributed by atoms with van der Waals surface area (Å²) in [6, 6.07) is 9.64. The van der Waals surface area contributed by atoms with Crippen LogP contribution in [0.4, 0.5) is 15.8 Å². The monoisotopic (exact) mass is 286 g/mol. The summed E-state index contributed by atoms with van der Waals surface area (Å²) >= 11 is 0. The van der Waals surface area contributed by atoms with E-state index in [9.17, 15) is 9.18 Å². The van der Waals surface area contributed by atoms with Gasteiger partial charge in [-0.1, -0.05) is 6.07 Å². The molecule has 0 aliphatic carbocycles. The van der Waals surface area contributed by atoms with Gasteiger partial charge in [-0.2, -0.15) is 0 Å². The van der Waals surface area contributed by atoms with Gasteiger partial charge in [-0.15, -0.1) is 0 Å². The van der Waals surface area contributed by atoms with Gasteiger partial charge in [0.15, 0.2) is 11.6 Å². The minimum absolute atomic E-state index is 0.0628. The number of carbonyl (C=O) groups excluding carboxylic acids is 1. The first-order valence-corrected chi connectivity index (χ1v) is 6.64. The summed E-state index contributed by atoms with van der Waals surface area (Å²) in [4.78, 5) is 14.3. The molecule has 2 N–H and O–H groups in total. The van der Waals surface area contributed by atoms with Gasteiger partial charge in [0.25, 0.3) is 5.91 Å². The molecule has 0 fully saturated rings. The molecule has 2 aromatic rings. The van der Waals surface area contributed by atoms with Crippen LogP contribution in [0.5, 0.6) is 5.75 Å². The van der Waals surface area contributed by atoms with Crippen molar-refractivity contribution in [3.8, 4) is 5.75 Å². The van der Waals surface area contributed by atoms with Gasteiger partial charge in [0.2, 0.25) is 0 Å². The van der Waals surface area contributed by atoms with Crippen LogP contribution in [0, 0.1) is 5.82 Å². The van der Waals surface area contributed by atoms with E-state index in [0.29, 0.717) is 17.8 Å². The summed E-state index contributed by atoms with van der Waals surface area (Å²) in [5.41, 5.74) is 8.83. The van der Waals surface area contributed by atoms with Crippen LogP contribution in [0.3, 0.4) is 0 Å². The van der Waals surface area contributed by atoms with Gasteiger partial charge in [0.05, 0.1) is 7.11 Å². The molecule has 0 bridgehead atoms. The van der Waals surface area contributed by atoms with E-state index < -0.39 is 5.82 Å². The Morgan fingerprint density at radius 1 is 1.33 bits per heavy atom. The highest BCUT2D eigenvalue weighted by molar-refractivity contribution is 6.07. The minimum Gasteiger partial charge on any atom is -0.494 e. The van der Waals surface area contributed by atoms with Crippen LogP contribution in [0.15, 0.2) is 36.4 Å². The molecule has 1 aliphatic heterocycles. The third kappa shape index (κ3) is 2.20. The molecular weight excluding hydrogens is 271 g/mol. The fourth-order valence-corrected chi connectivity index (χ4v) is 2.62. The third-order valence-corrected chi connectivity index (χ3v) is 3.71. The summed E-state index contributed by atoms with van der Waals surface area (Å²) in [5.74, 6) is -0.606. The molecule has 108 valence electrons. The summed E-state index contributed by atoms with van der Waals surface area (Å²) in [6.07, 6.45) is 0.728. The molecule has 0 radical (unpaired) electrons. The van der Waals surface area contributed by atoms with Crippen LogP contribution >= 0.6 is 0 Å². The number of methoxy groups -OCH3 is 1. The van der Waals surface area contributed by atoms with Crippen molar-refractivity contribution in [2.45, 2.75) is 6.42 Å². The van der Waals surface area contributed by atoms with Crippen molar-refractivity contribution < 1.29 is 13.9 Å². The van der Waals surface area contributed by atoms with Crippen molar-refractivity contribution in [1.82, 2.24) is 0 Å². The predicted octanol–water partition coefficient (Wildman–Crippen LogP) is 2.62. The van der Waals surface area contributed by atoms with Crippen LogP contribution in [0.2, 0.25) is 0 Å². The number of fused-ring (bicyclic) bond motifs is 1. The number of nitrogens with two attached hydrogens (primary N) is 1. The summed E-state index contributed by atoms with van der Waals surface area (Å²) < 4.78 is 18.4. The number of hydrogen-bond acceptors (Lipinski definition) is 3. The Bertz CT molecular complexity index is 715. The predicted molar refractivity (Wildman–Crippen MR) is 79.2 cm³/mol. The smallest absolute Gasteiger partial charge is 0.258 e. The molecule has 2 aromatic carbocycles. The standard InChI is InChI=1S/C16H15FN2O2/c1-21-15-9-10(5-6-12(15)17)16(20)19-8-7-11-13(18)3-2-4-14(11)19/h2-6,9H,7-8,18H2,1H3. The Hall–Kier alpha value is -2.56. The fourth-order valence-electron chi connectivity index (χ4n) is 2.62. The zero-order valence-corrected chi connectivity index (χ0v) is 11.6. The molecule has 0 aromatic heterocycles. The number of halogens is 1. The van der Waals surface area contributed by atoms with Crippen LogP contribution in [0.1, 0.15) is 15.9 Å². The number of ether oxygens (including phenoxy) is 1. The van der Waals surface area contributed by atoms with Gasteiger partial charge in [0.1, 0.15) is 0 Å². The Morgan fingerprint density at radius 2 is 2.14 bits per heavy atom. The lowest BCUT2D eigenvalue weighted by atomic mass is 10.1. The lowest BCUT2D eigenvalue weighted by Crippen LogP contribution is -2.28. The van der Waals surface area contributed by atoms with Gasteiger partial charge in [-0.25, -0.2) is 4.39 Å². The van der Waals surface area contributed by atoms with Crippen molar-refractivity contribution in [2.24, 2.45) is 0 Å². The summed E-state index contributed by atoms with van der Waals surface area (Å²) in [5, 5.41) is 0. The number of carbonyl (C=O) groups is 1. The normalized spacial score (nSPS) is 13.1. The molecule has 0 unspecified atom stereocenters. The van der Waals surface area contributed by atoms with Crippen LogP contribution in [-0.4, -0.2) is 19.6 Å². The van der Waals surface area contributed by atoms with Gasteiger partial charge in [0, 0.05) is 29.0 Å². The Kier molecular flexibility index (Phi) is 3.25. The van der Waals surface area contributed by atoms with E-state index in [1.807, 2.05) is 18.2 Å². The van der Waals surface area contributed by atoms with Gasteiger partial charge in [-0.05, 0) is 36.8 Å².